The van der Waals surface area contributed by atoms with Crippen molar-refractivity contribution >= 4 is 34.8 Å². The van der Waals surface area contributed by atoms with Crippen LogP contribution in [0.2, 0.25) is 0 Å². The van der Waals surface area contributed by atoms with E-state index in [1.165, 1.54) is 18.6 Å². The quantitative estimate of drug-likeness (QED) is 0.811. The molecule has 0 aliphatic carbocycles. The maximum atomic E-state index is 5.65. The molecule has 92 valence electrons. The van der Waals surface area contributed by atoms with Gasteiger partial charge in [-0.1, -0.05) is 12.2 Å². The predicted octanol–water partition coefficient (Wildman–Crippen LogP) is 1.73. The number of nitrogens with zero attached hydrogens (tertiary/aromatic N) is 2. The van der Waals surface area contributed by atoms with E-state index >= 15 is 0 Å². The molecule has 0 amide bonds. The number of nitrogens with one attached hydrogen (secondary N) is 1. The summed E-state index contributed by atoms with van der Waals surface area (Å²) in [6.07, 6.45) is 4.26. The van der Waals surface area contributed by atoms with Crippen molar-refractivity contribution in [3.8, 4) is 0 Å². The maximum Gasteiger partial charge on any atom is 0.140 e. The number of hydrogen-bond acceptors (Lipinski definition) is 5. The van der Waals surface area contributed by atoms with E-state index < -0.39 is 0 Å². The van der Waals surface area contributed by atoms with Gasteiger partial charge in [0.2, 0.25) is 0 Å². The first-order valence-electron chi connectivity index (χ1n) is 5.65. The van der Waals surface area contributed by atoms with Crippen LogP contribution in [0.1, 0.15) is 24.2 Å². The number of nitrogens with two attached hydrogens (primary N) is 1. The Hall–Kier alpha value is -0.880. The molecule has 0 spiro atoms. The highest BCUT2D eigenvalue weighted by Crippen LogP contribution is 2.26. The summed E-state index contributed by atoms with van der Waals surface area (Å²) in [5.74, 6) is 2.75. The summed E-state index contributed by atoms with van der Waals surface area (Å²) in [6.45, 7) is 2.77. The van der Waals surface area contributed by atoms with Gasteiger partial charge in [0.25, 0.3) is 0 Å². The summed E-state index contributed by atoms with van der Waals surface area (Å²) < 4.78 is 0. The van der Waals surface area contributed by atoms with Crippen molar-refractivity contribution in [3.63, 3.8) is 0 Å². The van der Waals surface area contributed by atoms with Gasteiger partial charge < -0.3 is 11.1 Å². The maximum absolute atomic E-state index is 5.65. The minimum Gasteiger partial charge on any atom is -0.389 e. The average Bonchev–Trinajstić information content (AvgIpc) is 2.78. The lowest BCUT2D eigenvalue weighted by atomic mass is 10.2. The Labute approximate surface area is 111 Å². The highest BCUT2D eigenvalue weighted by Gasteiger charge is 2.16. The highest BCUT2D eigenvalue weighted by atomic mass is 32.2. The van der Waals surface area contributed by atoms with E-state index in [0.29, 0.717) is 10.2 Å². The summed E-state index contributed by atoms with van der Waals surface area (Å²) in [6, 6.07) is 0. The van der Waals surface area contributed by atoms with Gasteiger partial charge in [-0.15, -0.1) is 0 Å². The fraction of sp³-hybridized carbons (Fsp3) is 0.545. The lowest BCUT2D eigenvalue weighted by Gasteiger charge is -2.13. The molecule has 6 heteroatoms. The van der Waals surface area contributed by atoms with Crippen LogP contribution < -0.4 is 11.1 Å². The molecular weight excluding hydrogens is 252 g/mol. The van der Waals surface area contributed by atoms with E-state index in [0.717, 1.165) is 23.8 Å². The van der Waals surface area contributed by atoms with Crippen LogP contribution in [-0.2, 0) is 0 Å². The third-order valence-corrected chi connectivity index (χ3v) is 4.31. The zero-order valence-electron chi connectivity index (χ0n) is 9.77. The fourth-order valence-electron chi connectivity index (χ4n) is 1.80. The molecule has 0 aromatic carbocycles. The molecule has 17 heavy (non-hydrogen) atoms. The molecule has 1 aromatic heterocycles. The summed E-state index contributed by atoms with van der Waals surface area (Å²) >= 11 is 7.00. The molecular formula is C11H16N4S2. The van der Waals surface area contributed by atoms with Crippen LogP contribution in [0.5, 0.6) is 0 Å². The number of aromatic nitrogens is 2. The monoisotopic (exact) mass is 268 g/mol. The van der Waals surface area contributed by atoms with Crippen molar-refractivity contribution in [1.82, 2.24) is 9.97 Å². The third kappa shape index (κ3) is 3.29. The van der Waals surface area contributed by atoms with Crippen molar-refractivity contribution in [2.75, 3.05) is 17.6 Å². The van der Waals surface area contributed by atoms with Gasteiger partial charge in [-0.05, 0) is 25.5 Å². The lowest BCUT2D eigenvalue weighted by molar-refractivity contribution is 0.802. The number of anilines is 1. The molecule has 2 heterocycles. The molecule has 4 nitrogen and oxygen atoms in total. The first-order valence-corrected chi connectivity index (χ1v) is 7.11. The molecule has 1 aliphatic rings. The van der Waals surface area contributed by atoms with Crippen LogP contribution >= 0.6 is 24.0 Å². The van der Waals surface area contributed by atoms with Gasteiger partial charge in [-0.25, -0.2) is 9.97 Å². The van der Waals surface area contributed by atoms with Crippen molar-refractivity contribution in [3.05, 3.63) is 17.6 Å². The molecule has 1 saturated heterocycles. The van der Waals surface area contributed by atoms with Crippen molar-refractivity contribution < 1.29 is 0 Å². The second-order valence-corrected chi connectivity index (χ2v) is 5.91. The molecule has 1 fully saturated rings. The molecule has 1 aromatic rings. The summed E-state index contributed by atoms with van der Waals surface area (Å²) in [4.78, 5) is 8.81. The normalized spacial score (nSPS) is 19.2. The number of aryl methyl sites for hydroxylation is 1. The zero-order chi connectivity index (χ0) is 12.3. The second-order valence-electron chi connectivity index (χ2n) is 4.06. The summed E-state index contributed by atoms with van der Waals surface area (Å²) in [5, 5.41) is 4.01. The van der Waals surface area contributed by atoms with E-state index in [9.17, 15) is 0 Å². The van der Waals surface area contributed by atoms with Gasteiger partial charge in [-0.2, -0.15) is 11.8 Å². The zero-order valence-corrected chi connectivity index (χ0v) is 11.4. The number of thioether (sulfide) groups is 1. The molecule has 1 aliphatic heterocycles. The van der Waals surface area contributed by atoms with E-state index in [1.807, 2.05) is 18.7 Å². The lowest BCUT2D eigenvalue weighted by Crippen LogP contribution is -2.20. The smallest absolute Gasteiger partial charge is 0.140 e. The Kier molecular flexibility index (Phi) is 4.17. The van der Waals surface area contributed by atoms with Crippen molar-refractivity contribution in [2.45, 2.75) is 25.0 Å². The molecule has 0 saturated carbocycles. The minimum absolute atomic E-state index is 0.339. The second kappa shape index (κ2) is 5.64. The van der Waals surface area contributed by atoms with Crippen molar-refractivity contribution in [1.29, 1.82) is 0 Å². The van der Waals surface area contributed by atoms with Crippen molar-refractivity contribution in [2.24, 2.45) is 5.73 Å². The minimum atomic E-state index is 0.339. The van der Waals surface area contributed by atoms with Crippen LogP contribution in [0.25, 0.3) is 0 Å². The topological polar surface area (TPSA) is 63.8 Å². The molecule has 2 rings (SSSR count). The Balaban J connectivity index is 2.07. The highest BCUT2D eigenvalue weighted by molar-refractivity contribution is 8.00. The Morgan fingerprint density at radius 3 is 3.18 bits per heavy atom. The van der Waals surface area contributed by atoms with Crippen LogP contribution in [0, 0.1) is 6.92 Å². The van der Waals surface area contributed by atoms with Crippen LogP contribution in [0.15, 0.2) is 6.20 Å². The van der Waals surface area contributed by atoms with Crippen LogP contribution in [-0.4, -0.2) is 32.5 Å². The molecule has 0 radical (unpaired) electrons. The first-order chi connectivity index (χ1) is 8.16. The summed E-state index contributed by atoms with van der Waals surface area (Å²) in [7, 11) is 0. The fourth-order valence-corrected chi connectivity index (χ4v) is 3.15. The largest absolute Gasteiger partial charge is 0.389 e. The summed E-state index contributed by atoms with van der Waals surface area (Å²) in [5.41, 5.74) is 6.38. The Bertz CT molecular complexity index is 416. The van der Waals surface area contributed by atoms with Crippen LogP contribution in [0.3, 0.4) is 0 Å². The number of hydrogen-bond donors (Lipinski definition) is 2. The van der Waals surface area contributed by atoms with E-state index in [1.54, 1.807) is 6.20 Å². The van der Waals surface area contributed by atoms with Gasteiger partial charge in [-0.3, -0.25) is 0 Å². The average molecular weight is 268 g/mol. The van der Waals surface area contributed by atoms with Gasteiger partial charge >= 0.3 is 0 Å². The Morgan fingerprint density at radius 1 is 1.71 bits per heavy atom. The van der Waals surface area contributed by atoms with E-state index in [-0.39, 0.29) is 0 Å². The number of thiocarbonyl (C=S) groups is 1. The van der Waals surface area contributed by atoms with Gasteiger partial charge in [0.15, 0.2) is 0 Å². The van der Waals surface area contributed by atoms with E-state index in [2.05, 4.69) is 15.3 Å². The molecule has 1 unspecified atom stereocenters. The first kappa shape index (κ1) is 12.6. The van der Waals surface area contributed by atoms with Gasteiger partial charge in [0.05, 0.1) is 5.56 Å². The Morgan fingerprint density at radius 2 is 2.53 bits per heavy atom. The van der Waals surface area contributed by atoms with Gasteiger partial charge in [0, 0.05) is 18.0 Å². The SMILES string of the molecule is Cc1ncc(C(N)=S)c(NCC2CCCS2)n1. The number of rotatable bonds is 4. The standard InChI is InChI=1S/C11H16N4S2/c1-7-13-6-9(10(12)16)11(15-7)14-5-8-3-2-4-17-8/h6,8H,2-5H2,1H3,(H2,12,16)(H,13,14,15). The van der Waals surface area contributed by atoms with E-state index in [4.69, 9.17) is 18.0 Å². The predicted molar refractivity (Wildman–Crippen MR) is 76.6 cm³/mol. The molecule has 1 atom stereocenters. The van der Waals surface area contributed by atoms with Crippen LogP contribution in [0.4, 0.5) is 5.82 Å². The molecule has 3 N–H and O–H groups in total. The third-order valence-electron chi connectivity index (χ3n) is 2.70. The van der Waals surface area contributed by atoms with Gasteiger partial charge in [0.1, 0.15) is 16.6 Å². The molecule has 0 bridgehead atoms.